The number of ketones is 1. The molecule has 5 aliphatic carbocycles. The van der Waals surface area contributed by atoms with Gasteiger partial charge in [-0.2, -0.15) is 0 Å². The van der Waals surface area contributed by atoms with Crippen molar-refractivity contribution in [1.29, 1.82) is 0 Å². The Kier molecular flexibility index (Phi) is 5.44. The highest BCUT2D eigenvalue weighted by Crippen LogP contribution is 2.88. The van der Waals surface area contributed by atoms with Crippen molar-refractivity contribution in [3.8, 4) is 0 Å². The van der Waals surface area contributed by atoms with E-state index in [2.05, 4.69) is 41.2 Å². The average molecular weight is 473 g/mol. The summed E-state index contributed by atoms with van der Waals surface area (Å²) in [5.74, 6) is 1.80. The number of hydrogen-bond acceptors (Lipinski definition) is 4. The van der Waals surface area contributed by atoms with Gasteiger partial charge in [0.25, 0.3) is 0 Å². The number of hydrogen-bond donors (Lipinski definition) is 3. The van der Waals surface area contributed by atoms with Crippen LogP contribution in [0.15, 0.2) is 12.2 Å². The molecule has 5 fully saturated rings. The Hall–Kier alpha value is -0.710. The van der Waals surface area contributed by atoms with Crippen LogP contribution < -0.4 is 0 Å². The minimum atomic E-state index is -0.863. The predicted molar refractivity (Wildman–Crippen MR) is 134 cm³/mol. The van der Waals surface area contributed by atoms with Gasteiger partial charge in [-0.25, -0.2) is 0 Å². The molecule has 4 heteroatoms. The van der Waals surface area contributed by atoms with E-state index in [1.54, 1.807) is 6.92 Å². The zero-order valence-corrected chi connectivity index (χ0v) is 22.4. The summed E-state index contributed by atoms with van der Waals surface area (Å²) in [5.41, 5.74) is 0.951. The second-order valence-electron chi connectivity index (χ2n) is 14.5. The van der Waals surface area contributed by atoms with E-state index < -0.39 is 12.2 Å². The van der Waals surface area contributed by atoms with Gasteiger partial charge in [0.1, 0.15) is 11.9 Å². The molecule has 4 nitrogen and oxygen atoms in total. The molecule has 3 N–H and O–H groups in total. The van der Waals surface area contributed by atoms with E-state index in [9.17, 15) is 20.1 Å². The summed E-state index contributed by atoms with van der Waals surface area (Å²) < 4.78 is 0. The van der Waals surface area contributed by atoms with Gasteiger partial charge < -0.3 is 15.3 Å². The lowest BCUT2D eigenvalue weighted by atomic mass is 9.41. The van der Waals surface area contributed by atoms with Crippen molar-refractivity contribution in [1.82, 2.24) is 0 Å². The van der Waals surface area contributed by atoms with Gasteiger partial charge in [0.2, 0.25) is 0 Å². The molecule has 5 rings (SSSR count). The van der Waals surface area contributed by atoms with Crippen molar-refractivity contribution in [2.45, 2.75) is 118 Å². The molecule has 0 unspecified atom stereocenters. The standard InChI is InChI=1S/C30H48O4/c1-17(2)24(34)20(31)14-18(3)19-8-10-28(7)25-21(32)15-22-26(4,5)23(33)9-11-29(22)16-30(25,29)13-12-27(19,28)6/h18-22,24-25,31-32,34H,1,8-16H2,2-7H3/t18-,19-,20+,21+,22+,24+,25+,27-,28+,29-,30+/m1/s1. The molecule has 34 heavy (non-hydrogen) atoms. The van der Waals surface area contributed by atoms with Crippen molar-refractivity contribution in [3.63, 3.8) is 0 Å². The van der Waals surface area contributed by atoms with E-state index in [4.69, 9.17) is 0 Å². The lowest BCUT2D eigenvalue weighted by Crippen LogP contribution is -2.61. The van der Waals surface area contributed by atoms with Crippen LogP contribution in [0.3, 0.4) is 0 Å². The zero-order chi connectivity index (χ0) is 25.1. The third kappa shape index (κ3) is 2.85. The molecular formula is C30H48O4. The number of Topliss-reactive ketones (excluding diaryl/α,β-unsaturated/α-hetero) is 1. The van der Waals surface area contributed by atoms with Crippen molar-refractivity contribution >= 4 is 5.78 Å². The minimum Gasteiger partial charge on any atom is -0.393 e. The zero-order valence-electron chi connectivity index (χ0n) is 22.4. The molecule has 0 aromatic rings. The number of carbonyl (C=O) groups is 1. The largest absolute Gasteiger partial charge is 0.393 e. The van der Waals surface area contributed by atoms with E-state index >= 15 is 0 Å². The van der Waals surface area contributed by atoms with Gasteiger partial charge in [-0.05, 0) is 109 Å². The van der Waals surface area contributed by atoms with Crippen LogP contribution >= 0.6 is 0 Å². The predicted octanol–water partition coefficient (Wildman–Crippen LogP) is 5.29. The van der Waals surface area contributed by atoms with Crippen LogP contribution in [0.25, 0.3) is 0 Å². The maximum absolute atomic E-state index is 12.9. The third-order valence-corrected chi connectivity index (χ3v) is 13.1. The monoisotopic (exact) mass is 472 g/mol. The number of aliphatic hydroxyl groups is 3. The molecule has 192 valence electrons. The van der Waals surface area contributed by atoms with Gasteiger partial charge in [-0.3, -0.25) is 4.79 Å². The van der Waals surface area contributed by atoms with Crippen molar-refractivity contribution in [2.75, 3.05) is 0 Å². The summed E-state index contributed by atoms with van der Waals surface area (Å²) >= 11 is 0. The molecule has 5 saturated carbocycles. The molecule has 0 radical (unpaired) electrons. The number of aliphatic hydroxyl groups excluding tert-OH is 3. The first-order valence-corrected chi connectivity index (χ1v) is 13.9. The summed E-state index contributed by atoms with van der Waals surface area (Å²) in [7, 11) is 0. The van der Waals surface area contributed by atoms with Crippen LogP contribution in [0.4, 0.5) is 0 Å². The number of fused-ring (bicyclic) bond motifs is 2. The van der Waals surface area contributed by atoms with Gasteiger partial charge in [-0.15, -0.1) is 0 Å². The first kappa shape index (κ1) is 25.0. The van der Waals surface area contributed by atoms with Crippen LogP contribution in [0.2, 0.25) is 0 Å². The van der Waals surface area contributed by atoms with Gasteiger partial charge >= 0.3 is 0 Å². The Morgan fingerprint density at radius 1 is 1.06 bits per heavy atom. The molecule has 0 amide bonds. The van der Waals surface area contributed by atoms with Gasteiger partial charge in [0.15, 0.2) is 0 Å². The number of rotatable bonds is 5. The smallest absolute Gasteiger partial charge is 0.138 e. The maximum atomic E-state index is 12.9. The molecule has 0 aromatic heterocycles. The Morgan fingerprint density at radius 3 is 2.38 bits per heavy atom. The number of carbonyl (C=O) groups excluding carboxylic acids is 1. The fourth-order valence-electron chi connectivity index (χ4n) is 11.1. The normalized spacial score (nSPS) is 51.4. The lowest BCUT2D eigenvalue weighted by molar-refractivity contribution is -0.189. The van der Waals surface area contributed by atoms with E-state index in [0.717, 1.165) is 25.7 Å². The van der Waals surface area contributed by atoms with Crippen molar-refractivity contribution in [3.05, 3.63) is 12.2 Å². The summed E-state index contributed by atoms with van der Waals surface area (Å²) in [4.78, 5) is 12.9. The highest BCUT2D eigenvalue weighted by molar-refractivity contribution is 5.86. The van der Waals surface area contributed by atoms with Crippen LogP contribution in [-0.4, -0.2) is 39.4 Å². The Morgan fingerprint density at radius 2 is 1.74 bits per heavy atom. The average Bonchev–Trinajstić information content (AvgIpc) is 3.31. The lowest BCUT2D eigenvalue weighted by Gasteiger charge is -2.64. The van der Waals surface area contributed by atoms with Gasteiger partial charge in [0, 0.05) is 11.8 Å². The Labute approximate surface area is 206 Å². The quantitative estimate of drug-likeness (QED) is 0.475. The van der Waals surface area contributed by atoms with Gasteiger partial charge in [0.05, 0.1) is 12.2 Å². The van der Waals surface area contributed by atoms with Crippen LogP contribution in [-0.2, 0) is 4.79 Å². The molecule has 0 bridgehead atoms. The molecule has 0 aromatic carbocycles. The molecule has 2 spiro atoms. The van der Waals surface area contributed by atoms with Crippen molar-refractivity contribution < 1.29 is 20.1 Å². The topological polar surface area (TPSA) is 77.8 Å². The highest BCUT2D eigenvalue weighted by atomic mass is 16.3. The fraction of sp³-hybridized carbons (Fsp3) is 0.900. The van der Waals surface area contributed by atoms with E-state index in [1.165, 1.54) is 19.3 Å². The molecule has 0 heterocycles. The van der Waals surface area contributed by atoms with Crippen molar-refractivity contribution in [2.24, 2.45) is 50.7 Å². The van der Waals surface area contributed by atoms with E-state index in [0.29, 0.717) is 47.9 Å². The fourth-order valence-corrected chi connectivity index (χ4v) is 11.1. The van der Waals surface area contributed by atoms with Crippen LogP contribution in [0, 0.1) is 50.7 Å². The summed E-state index contributed by atoms with van der Waals surface area (Å²) in [5, 5.41) is 32.8. The Bertz CT molecular complexity index is 894. The summed E-state index contributed by atoms with van der Waals surface area (Å²) in [6.07, 6.45) is 6.95. The molecular weight excluding hydrogens is 424 g/mol. The van der Waals surface area contributed by atoms with Gasteiger partial charge in [-0.1, -0.05) is 41.2 Å². The summed E-state index contributed by atoms with van der Waals surface area (Å²) in [6.45, 7) is 17.1. The molecule has 11 atom stereocenters. The first-order chi connectivity index (χ1) is 15.7. The molecule has 0 aliphatic heterocycles. The first-order valence-electron chi connectivity index (χ1n) is 13.9. The van der Waals surface area contributed by atoms with E-state index in [1.807, 2.05) is 0 Å². The highest BCUT2D eigenvalue weighted by Gasteiger charge is 2.83. The van der Waals surface area contributed by atoms with Crippen LogP contribution in [0.1, 0.15) is 99.3 Å². The maximum Gasteiger partial charge on any atom is 0.138 e. The SMILES string of the molecule is C=C(C)[C@H](O)[C@@H](O)C[C@@H](C)[C@H]1CC[C@@]2(C)[C@@H]3[C@@H](O)C[C@H]4C(C)(C)C(=O)CC[C@@]45C[C@@]35CC[C@]12C. The summed E-state index contributed by atoms with van der Waals surface area (Å²) in [6, 6.07) is 0. The second-order valence-corrected chi connectivity index (χ2v) is 14.5. The third-order valence-electron chi connectivity index (χ3n) is 13.1. The van der Waals surface area contributed by atoms with Crippen LogP contribution in [0.5, 0.6) is 0 Å². The Balaban J connectivity index is 1.44. The second kappa shape index (κ2) is 7.42. The molecule has 5 aliphatic rings. The molecule has 0 saturated heterocycles. The minimum absolute atomic E-state index is 0.0710. The van der Waals surface area contributed by atoms with E-state index in [-0.39, 0.29) is 33.2 Å².